The molecule has 4 nitrogen and oxygen atoms in total. The van der Waals surface area contributed by atoms with Crippen molar-refractivity contribution in [3.63, 3.8) is 0 Å². The number of rotatable bonds is 5. The monoisotopic (exact) mass is 200 g/mol. The van der Waals surface area contributed by atoms with Crippen LogP contribution < -0.4 is 0 Å². The van der Waals surface area contributed by atoms with E-state index in [9.17, 15) is 9.59 Å². The second-order valence-electron chi connectivity index (χ2n) is 2.89. The third-order valence-corrected chi connectivity index (χ3v) is 1.85. The Labute approximate surface area is 83.9 Å². The minimum Gasteiger partial charge on any atom is -0.468 e. The molecular weight excluding hydrogens is 184 g/mol. The molecular formula is C10H16O4. The van der Waals surface area contributed by atoms with E-state index in [0.717, 1.165) is 6.42 Å². The topological polar surface area (TPSA) is 52.6 Å². The molecule has 0 aromatic rings. The highest BCUT2D eigenvalue weighted by Gasteiger charge is 2.30. The maximum Gasteiger partial charge on any atom is 0.324 e. The molecule has 14 heavy (non-hydrogen) atoms. The molecule has 0 saturated carbocycles. The summed E-state index contributed by atoms with van der Waals surface area (Å²) >= 11 is 0. The van der Waals surface area contributed by atoms with Gasteiger partial charge in [0.2, 0.25) is 0 Å². The fraction of sp³-hybridized carbons (Fsp3) is 0.600. The summed E-state index contributed by atoms with van der Waals surface area (Å²) in [6, 6.07) is 0. The van der Waals surface area contributed by atoms with E-state index < -0.39 is 17.9 Å². The first kappa shape index (κ1) is 12.7. The first-order valence-electron chi connectivity index (χ1n) is 4.41. The van der Waals surface area contributed by atoms with Gasteiger partial charge in [-0.05, 0) is 6.42 Å². The van der Waals surface area contributed by atoms with Gasteiger partial charge in [0.15, 0.2) is 5.92 Å². The summed E-state index contributed by atoms with van der Waals surface area (Å²) in [5, 5.41) is 0. The summed E-state index contributed by atoms with van der Waals surface area (Å²) in [6.07, 6.45) is 1.43. The summed E-state index contributed by atoms with van der Waals surface area (Å²) in [5.41, 5.74) is 0.534. The van der Waals surface area contributed by atoms with E-state index in [4.69, 9.17) is 0 Å². The van der Waals surface area contributed by atoms with E-state index >= 15 is 0 Å². The van der Waals surface area contributed by atoms with Crippen molar-refractivity contribution in [2.75, 3.05) is 14.2 Å². The van der Waals surface area contributed by atoms with Crippen molar-refractivity contribution in [3.8, 4) is 0 Å². The third-order valence-electron chi connectivity index (χ3n) is 1.85. The lowest BCUT2D eigenvalue weighted by molar-refractivity contribution is -0.156. The fourth-order valence-corrected chi connectivity index (χ4v) is 1.13. The molecule has 0 amide bonds. The van der Waals surface area contributed by atoms with Crippen molar-refractivity contribution in [2.24, 2.45) is 5.92 Å². The molecule has 0 atom stereocenters. The van der Waals surface area contributed by atoms with Crippen molar-refractivity contribution in [2.45, 2.75) is 19.8 Å². The first-order valence-corrected chi connectivity index (χ1v) is 4.41. The van der Waals surface area contributed by atoms with Gasteiger partial charge in [-0.15, -0.1) is 0 Å². The molecule has 0 radical (unpaired) electrons. The lowest BCUT2D eigenvalue weighted by Crippen LogP contribution is -2.28. The Morgan fingerprint density at radius 3 is 1.93 bits per heavy atom. The number of hydrogen-bond acceptors (Lipinski definition) is 4. The molecule has 0 fully saturated rings. The number of methoxy groups -OCH3 is 2. The van der Waals surface area contributed by atoms with Gasteiger partial charge in [-0.25, -0.2) is 0 Å². The Morgan fingerprint density at radius 1 is 1.21 bits per heavy atom. The molecule has 80 valence electrons. The van der Waals surface area contributed by atoms with Crippen molar-refractivity contribution < 1.29 is 19.1 Å². The normalized spacial score (nSPS) is 9.71. The molecule has 0 spiro atoms. The zero-order chi connectivity index (χ0) is 11.1. The van der Waals surface area contributed by atoms with Crippen LogP contribution in [0, 0.1) is 5.92 Å². The number of carbonyl (C=O) groups is 2. The lowest BCUT2D eigenvalue weighted by atomic mass is 9.97. The summed E-state index contributed by atoms with van der Waals surface area (Å²) in [5.74, 6) is -2.21. The van der Waals surface area contributed by atoms with Crippen LogP contribution >= 0.6 is 0 Å². The SMILES string of the molecule is C=C(CCC)C(C(=O)OC)C(=O)OC. The van der Waals surface area contributed by atoms with Gasteiger partial charge in [-0.1, -0.05) is 25.5 Å². The van der Waals surface area contributed by atoms with Gasteiger partial charge in [-0.3, -0.25) is 9.59 Å². The average Bonchev–Trinajstić information content (AvgIpc) is 2.17. The molecule has 0 heterocycles. The van der Waals surface area contributed by atoms with Gasteiger partial charge in [0.05, 0.1) is 14.2 Å². The predicted octanol–water partition coefficient (Wildman–Crippen LogP) is 1.30. The second kappa shape index (κ2) is 6.18. The third kappa shape index (κ3) is 3.20. The van der Waals surface area contributed by atoms with Crippen LogP contribution in [0.4, 0.5) is 0 Å². The molecule has 0 aliphatic heterocycles. The molecule has 0 rings (SSSR count). The van der Waals surface area contributed by atoms with Crippen molar-refractivity contribution in [3.05, 3.63) is 12.2 Å². The maximum absolute atomic E-state index is 11.2. The van der Waals surface area contributed by atoms with Crippen molar-refractivity contribution >= 4 is 11.9 Å². The Balaban J connectivity index is 4.63. The van der Waals surface area contributed by atoms with Crippen LogP contribution in [0.3, 0.4) is 0 Å². The maximum atomic E-state index is 11.2. The standard InChI is InChI=1S/C10H16O4/c1-5-6-7(2)8(9(11)13-3)10(12)14-4/h8H,2,5-6H2,1,3-4H3. The minimum absolute atomic E-state index is 0.534. The molecule has 0 aromatic heterocycles. The van der Waals surface area contributed by atoms with Crippen LogP contribution in [0.5, 0.6) is 0 Å². The highest BCUT2D eigenvalue weighted by Crippen LogP contribution is 2.17. The zero-order valence-corrected chi connectivity index (χ0v) is 8.83. The number of ether oxygens (including phenoxy) is 2. The molecule has 0 saturated heterocycles. The summed E-state index contributed by atoms with van der Waals surface area (Å²) in [4.78, 5) is 22.5. The van der Waals surface area contributed by atoms with Crippen LogP contribution in [0.25, 0.3) is 0 Å². The number of esters is 2. The van der Waals surface area contributed by atoms with Gasteiger partial charge in [-0.2, -0.15) is 0 Å². The summed E-state index contributed by atoms with van der Waals surface area (Å²) in [7, 11) is 2.47. The molecule has 4 heteroatoms. The summed E-state index contributed by atoms with van der Waals surface area (Å²) in [6.45, 7) is 5.62. The van der Waals surface area contributed by atoms with Crippen molar-refractivity contribution in [1.29, 1.82) is 0 Å². The largest absolute Gasteiger partial charge is 0.468 e. The Hall–Kier alpha value is -1.32. The van der Waals surface area contributed by atoms with Crippen molar-refractivity contribution in [1.82, 2.24) is 0 Å². The molecule has 0 unspecified atom stereocenters. The Kier molecular flexibility index (Phi) is 5.60. The van der Waals surface area contributed by atoms with E-state index in [2.05, 4.69) is 16.1 Å². The van der Waals surface area contributed by atoms with Crippen LogP contribution in [-0.2, 0) is 19.1 Å². The smallest absolute Gasteiger partial charge is 0.324 e. The Bertz CT molecular complexity index is 216. The molecule has 0 N–H and O–H groups in total. The van der Waals surface area contributed by atoms with Crippen LogP contribution in [0.2, 0.25) is 0 Å². The van der Waals surface area contributed by atoms with E-state index in [1.54, 1.807) is 0 Å². The summed E-state index contributed by atoms with van der Waals surface area (Å²) < 4.78 is 9.00. The van der Waals surface area contributed by atoms with Gasteiger partial charge in [0, 0.05) is 0 Å². The van der Waals surface area contributed by atoms with Gasteiger partial charge in [0.25, 0.3) is 0 Å². The molecule has 0 aromatic carbocycles. The lowest BCUT2D eigenvalue weighted by Gasteiger charge is -2.14. The van der Waals surface area contributed by atoms with Crippen LogP contribution in [0.15, 0.2) is 12.2 Å². The average molecular weight is 200 g/mol. The Morgan fingerprint density at radius 2 is 1.64 bits per heavy atom. The van der Waals surface area contributed by atoms with E-state index in [1.807, 2.05) is 6.92 Å². The fourth-order valence-electron chi connectivity index (χ4n) is 1.13. The second-order valence-corrected chi connectivity index (χ2v) is 2.89. The quantitative estimate of drug-likeness (QED) is 0.381. The van der Waals surface area contributed by atoms with Gasteiger partial charge < -0.3 is 9.47 Å². The predicted molar refractivity (Wildman–Crippen MR) is 51.6 cm³/mol. The van der Waals surface area contributed by atoms with E-state index in [-0.39, 0.29) is 0 Å². The zero-order valence-electron chi connectivity index (χ0n) is 8.83. The molecule has 0 aliphatic carbocycles. The van der Waals surface area contributed by atoms with Gasteiger partial charge >= 0.3 is 11.9 Å². The van der Waals surface area contributed by atoms with E-state index in [0.29, 0.717) is 12.0 Å². The first-order chi connectivity index (χ1) is 6.58. The van der Waals surface area contributed by atoms with Crippen LogP contribution in [-0.4, -0.2) is 26.2 Å². The highest BCUT2D eigenvalue weighted by molar-refractivity contribution is 5.97. The van der Waals surface area contributed by atoms with Crippen LogP contribution in [0.1, 0.15) is 19.8 Å². The number of carbonyl (C=O) groups excluding carboxylic acids is 2. The number of hydrogen-bond donors (Lipinski definition) is 0. The van der Waals surface area contributed by atoms with Gasteiger partial charge in [0.1, 0.15) is 0 Å². The molecule has 0 bridgehead atoms. The highest BCUT2D eigenvalue weighted by atomic mass is 16.5. The molecule has 0 aliphatic rings. The van der Waals surface area contributed by atoms with E-state index in [1.165, 1.54) is 14.2 Å². The minimum atomic E-state index is -0.982.